The Kier molecular flexibility index (Phi) is 8.94. The molecule has 0 aromatic carbocycles. The van der Waals surface area contributed by atoms with Crippen LogP contribution in [0.1, 0.15) is 19.8 Å². The van der Waals surface area contributed by atoms with Crippen LogP contribution in [0.2, 0.25) is 0 Å². The van der Waals surface area contributed by atoms with Gasteiger partial charge in [0.1, 0.15) is 6.54 Å². The minimum Gasteiger partial charge on any atom is -0.383 e. The number of amides is 1. The van der Waals surface area contributed by atoms with Gasteiger partial charge >= 0.3 is 0 Å². The first-order chi connectivity index (χ1) is 11.0. The predicted octanol–water partition coefficient (Wildman–Crippen LogP) is 0.0827. The molecule has 1 amide bonds. The van der Waals surface area contributed by atoms with Gasteiger partial charge in [-0.3, -0.25) is 9.69 Å². The number of methoxy groups -OCH3 is 1. The molecule has 0 aromatic rings. The summed E-state index contributed by atoms with van der Waals surface area (Å²) in [4.78, 5) is 22.5. The van der Waals surface area contributed by atoms with E-state index >= 15 is 0 Å². The molecular weight excluding hydrogens is 294 g/mol. The molecule has 1 heterocycles. The lowest BCUT2D eigenvalue weighted by atomic mass is 10.2. The summed E-state index contributed by atoms with van der Waals surface area (Å²) in [5.41, 5.74) is 0. The molecule has 1 unspecified atom stereocenters. The Balaban J connectivity index is 2.64. The van der Waals surface area contributed by atoms with Crippen molar-refractivity contribution >= 4 is 11.9 Å². The van der Waals surface area contributed by atoms with Crippen LogP contribution in [0.15, 0.2) is 4.99 Å². The molecule has 0 radical (unpaired) electrons. The van der Waals surface area contributed by atoms with Crippen LogP contribution in [0.25, 0.3) is 0 Å². The highest BCUT2D eigenvalue weighted by Crippen LogP contribution is 2.17. The first kappa shape index (κ1) is 19.7. The van der Waals surface area contributed by atoms with Crippen molar-refractivity contribution in [3.8, 4) is 0 Å². The van der Waals surface area contributed by atoms with Crippen molar-refractivity contribution in [1.82, 2.24) is 20.0 Å². The molecule has 134 valence electrons. The van der Waals surface area contributed by atoms with Crippen molar-refractivity contribution in [2.75, 3.05) is 67.6 Å². The molecular formula is C16H33N5O2. The Morgan fingerprint density at radius 1 is 1.39 bits per heavy atom. The van der Waals surface area contributed by atoms with E-state index in [-0.39, 0.29) is 12.5 Å². The summed E-state index contributed by atoms with van der Waals surface area (Å²) in [6, 6.07) is 0.559. The number of rotatable bonds is 8. The minimum atomic E-state index is 0.000456. The number of carbonyl (C=O) groups excluding carboxylic acids is 1. The lowest BCUT2D eigenvalue weighted by Crippen LogP contribution is -2.47. The standard InChI is InChI=1S/C16H33N5O2/c1-6-21-10-7-8-14(21)13-20(4)16(17-9-11-23-5)18-12-15(22)19(2)3/h14H,6-13H2,1-5H3,(H,17,18). The van der Waals surface area contributed by atoms with Gasteiger partial charge in [0.25, 0.3) is 0 Å². The van der Waals surface area contributed by atoms with Crippen molar-refractivity contribution in [3.63, 3.8) is 0 Å². The van der Waals surface area contributed by atoms with Gasteiger partial charge in [-0.25, -0.2) is 4.99 Å². The van der Waals surface area contributed by atoms with E-state index in [9.17, 15) is 4.79 Å². The number of likely N-dealkylation sites (tertiary alicyclic amines) is 1. The largest absolute Gasteiger partial charge is 0.383 e. The molecule has 1 fully saturated rings. The van der Waals surface area contributed by atoms with Crippen LogP contribution in [0.4, 0.5) is 0 Å². The third kappa shape index (κ3) is 6.74. The number of aliphatic imine (C=N–C) groups is 1. The lowest BCUT2D eigenvalue weighted by molar-refractivity contribution is -0.127. The fourth-order valence-corrected chi connectivity index (χ4v) is 2.78. The van der Waals surface area contributed by atoms with Gasteiger partial charge in [-0.1, -0.05) is 6.92 Å². The summed E-state index contributed by atoms with van der Waals surface area (Å²) in [6.45, 7) is 6.84. The van der Waals surface area contributed by atoms with E-state index in [4.69, 9.17) is 4.74 Å². The summed E-state index contributed by atoms with van der Waals surface area (Å²) >= 11 is 0. The quantitative estimate of drug-likeness (QED) is 0.389. The zero-order valence-corrected chi connectivity index (χ0v) is 15.3. The van der Waals surface area contributed by atoms with Gasteiger partial charge in [-0.2, -0.15) is 0 Å². The number of likely N-dealkylation sites (N-methyl/N-ethyl adjacent to an activating group) is 3. The molecule has 1 aliphatic heterocycles. The number of guanidine groups is 1. The maximum absolute atomic E-state index is 11.8. The highest BCUT2D eigenvalue weighted by molar-refractivity contribution is 5.84. The number of ether oxygens (including phenoxy) is 1. The van der Waals surface area contributed by atoms with E-state index in [0.29, 0.717) is 19.2 Å². The number of carbonyl (C=O) groups is 1. The zero-order valence-electron chi connectivity index (χ0n) is 15.3. The van der Waals surface area contributed by atoms with Crippen LogP contribution in [0, 0.1) is 0 Å². The number of hydrogen-bond acceptors (Lipinski definition) is 4. The third-order valence-corrected chi connectivity index (χ3v) is 4.20. The molecule has 0 spiro atoms. The maximum Gasteiger partial charge on any atom is 0.243 e. The molecule has 0 aliphatic carbocycles. The van der Waals surface area contributed by atoms with Crippen molar-refractivity contribution in [3.05, 3.63) is 0 Å². The van der Waals surface area contributed by atoms with Gasteiger partial charge < -0.3 is 19.9 Å². The smallest absolute Gasteiger partial charge is 0.243 e. The van der Waals surface area contributed by atoms with Crippen LogP contribution in [-0.2, 0) is 9.53 Å². The van der Waals surface area contributed by atoms with E-state index < -0.39 is 0 Å². The monoisotopic (exact) mass is 327 g/mol. The summed E-state index contributed by atoms with van der Waals surface area (Å²) in [5.74, 6) is 0.765. The second-order valence-corrected chi connectivity index (χ2v) is 6.15. The summed E-state index contributed by atoms with van der Waals surface area (Å²) in [6.07, 6.45) is 2.48. The van der Waals surface area contributed by atoms with Crippen LogP contribution >= 0.6 is 0 Å². The number of nitrogens with zero attached hydrogens (tertiary/aromatic N) is 4. The van der Waals surface area contributed by atoms with Crippen LogP contribution in [0.5, 0.6) is 0 Å². The van der Waals surface area contributed by atoms with Crippen molar-refractivity contribution < 1.29 is 9.53 Å². The number of nitrogens with one attached hydrogen (secondary N) is 1. The second-order valence-electron chi connectivity index (χ2n) is 6.15. The second kappa shape index (κ2) is 10.4. The van der Waals surface area contributed by atoms with E-state index in [1.807, 2.05) is 7.05 Å². The molecule has 0 saturated carbocycles. The molecule has 0 aromatic heterocycles. The Morgan fingerprint density at radius 2 is 2.13 bits per heavy atom. The van der Waals surface area contributed by atoms with Crippen molar-refractivity contribution in [2.24, 2.45) is 4.99 Å². The molecule has 7 nitrogen and oxygen atoms in total. The summed E-state index contributed by atoms with van der Waals surface area (Å²) in [5, 5.41) is 3.28. The molecule has 1 rings (SSSR count). The molecule has 1 aliphatic rings. The van der Waals surface area contributed by atoms with E-state index in [0.717, 1.165) is 19.0 Å². The molecule has 1 atom stereocenters. The topological polar surface area (TPSA) is 60.4 Å². The van der Waals surface area contributed by atoms with Crippen LogP contribution in [0.3, 0.4) is 0 Å². The van der Waals surface area contributed by atoms with E-state index in [2.05, 4.69) is 27.0 Å². The zero-order chi connectivity index (χ0) is 17.2. The van der Waals surface area contributed by atoms with Crippen molar-refractivity contribution in [2.45, 2.75) is 25.8 Å². The molecule has 7 heteroatoms. The van der Waals surface area contributed by atoms with Gasteiger partial charge in [0.15, 0.2) is 5.96 Å². The Bertz CT molecular complexity index is 387. The van der Waals surface area contributed by atoms with Crippen LogP contribution < -0.4 is 5.32 Å². The third-order valence-electron chi connectivity index (χ3n) is 4.20. The molecule has 1 N–H and O–H groups in total. The average Bonchev–Trinajstić information content (AvgIpc) is 2.97. The maximum atomic E-state index is 11.8. The summed E-state index contributed by atoms with van der Waals surface area (Å²) in [7, 11) is 7.20. The SMILES string of the molecule is CCN1CCCC1CN(C)C(=NCC(=O)N(C)C)NCCOC. The first-order valence-electron chi connectivity index (χ1n) is 8.42. The fourth-order valence-electron chi connectivity index (χ4n) is 2.78. The van der Waals surface area contributed by atoms with Gasteiger partial charge in [0, 0.05) is 47.4 Å². The molecule has 23 heavy (non-hydrogen) atoms. The van der Waals surface area contributed by atoms with Gasteiger partial charge in [-0.15, -0.1) is 0 Å². The Morgan fingerprint density at radius 3 is 2.74 bits per heavy atom. The van der Waals surface area contributed by atoms with E-state index in [1.165, 1.54) is 19.4 Å². The lowest BCUT2D eigenvalue weighted by Gasteiger charge is -2.30. The fraction of sp³-hybridized carbons (Fsp3) is 0.875. The normalized spacial score (nSPS) is 19.0. The average molecular weight is 327 g/mol. The predicted molar refractivity (Wildman–Crippen MR) is 93.8 cm³/mol. The molecule has 0 bridgehead atoms. The van der Waals surface area contributed by atoms with Gasteiger partial charge in [0.2, 0.25) is 5.91 Å². The Hall–Kier alpha value is -1.34. The molecule has 1 saturated heterocycles. The van der Waals surface area contributed by atoms with Crippen LogP contribution in [-0.4, -0.2) is 100 Å². The van der Waals surface area contributed by atoms with Gasteiger partial charge in [0.05, 0.1) is 6.61 Å². The highest BCUT2D eigenvalue weighted by atomic mass is 16.5. The van der Waals surface area contributed by atoms with Crippen molar-refractivity contribution in [1.29, 1.82) is 0 Å². The minimum absolute atomic E-state index is 0.000456. The Labute approximate surface area is 140 Å². The van der Waals surface area contributed by atoms with Gasteiger partial charge in [-0.05, 0) is 25.9 Å². The number of hydrogen-bond donors (Lipinski definition) is 1. The highest BCUT2D eigenvalue weighted by Gasteiger charge is 2.25. The first-order valence-corrected chi connectivity index (χ1v) is 8.42. The summed E-state index contributed by atoms with van der Waals surface area (Å²) < 4.78 is 5.08. The van der Waals surface area contributed by atoms with E-state index in [1.54, 1.807) is 26.1 Å².